The number of rotatable bonds is 4. The second kappa shape index (κ2) is 8.38. The van der Waals surface area contributed by atoms with Crippen molar-refractivity contribution in [2.75, 3.05) is 13.7 Å². The van der Waals surface area contributed by atoms with Gasteiger partial charge in [0.25, 0.3) is 0 Å². The van der Waals surface area contributed by atoms with Crippen LogP contribution < -0.4 is 0 Å². The normalized spacial score (nSPS) is 32.4. The van der Waals surface area contributed by atoms with Crippen LogP contribution in [0.15, 0.2) is 60.7 Å². The lowest BCUT2D eigenvalue weighted by Gasteiger charge is -2.46. The zero-order valence-electron chi connectivity index (χ0n) is 15.3. The van der Waals surface area contributed by atoms with E-state index in [-0.39, 0.29) is 6.61 Å². The predicted molar refractivity (Wildman–Crippen MR) is 97.3 cm³/mol. The molecule has 0 aromatic heterocycles. The van der Waals surface area contributed by atoms with E-state index in [4.69, 9.17) is 23.7 Å². The van der Waals surface area contributed by atoms with Crippen LogP contribution in [0, 0.1) is 0 Å². The van der Waals surface area contributed by atoms with E-state index in [1.165, 1.54) is 7.11 Å². The van der Waals surface area contributed by atoms with Gasteiger partial charge in [-0.1, -0.05) is 48.5 Å². The van der Waals surface area contributed by atoms with Crippen LogP contribution in [0.4, 0.5) is 0 Å². The minimum atomic E-state index is -1.13. The number of fused-ring (bicyclic) bond motifs is 1. The molecular weight excluding hydrogens is 364 g/mol. The third-order valence-electron chi connectivity index (χ3n) is 4.87. The Morgan fingerprint density at radius 1 is 1.04 bits per heavy atom. The summed E-state index contributed by atoms with van der Waals surface area (Å²) in [5.41, 5.74) is 1.21. The van der Waals surface area contributed by atoms with Gasteiger partial charge in [0.2, 0.25) is 0 Å². The highest BCUT2D eigenvalue weighted by molar-refractivity contribution is 5.89. The Balaban J connectivity index is 1.50. The van der Waals surface area contributed by atoms with Crippen molar-refractivity contribution < 1.29 is 33.6 Å². The fourth-order valence-electron chi connectivity index (χ4n) is 3.43. The number of benzene rings is 2. The Kier molecular flexibility index (Phi) is 5.70. The summed E-state index contributed by atoms with van der Waals surface area (Å²) in [5, 5.41) is 10.9. The van der Waals surface area contributed by atoms with Crippen molar-refractivity contribution in [3.05, 3.63) is 71.8 Å². The first-order chi connectivity index (χ1) is 13.7. The number of esters is 1. The maximum Gasteiger partial charge on any atom is 0.338 e. The molecule has 7 nitrogen and oxygen atoms in total. The molecule has 2 aliphatic rings. The number of ether oxygens (including phenoxy) is 5. The lowest BCUT2D eigenvalue weighted by atomic mass is 9.97. The van der Waals surface area contributed by atoms with Crippen molar-refractivity contribution in [2.24, 2.45) is 0 Å². The first-order valence-corrected chi connectivity index (χ1v) is 9.11. The smallest absolute Gasteiger partial charge is 0.338 e. The van der Waals surface area contributed by atoms with Crippen LogP contribution in [0.2, 0.25) is 0 Å². The summed E-state index contributed by atoms with van der Waals surface area (Å²) in [4.78, 5) is 12.5. The Bertz CT molecular complexity index is 782. The molecule has 2 aliphatic heterocycles. The molecule has 0 radical (unpaired) electrons. The quantitative estimate of drug-likeness (QED) is 0.806. The highest BCUT2D eigenvalue weighted by Gasteiger charge is 2.51. The number of hydrogen-bond acceptors (Lipinski definition) is 7. The van der Waals surface area contributed by atoms with Gasteiger partial charge in [0.05, 0.1) is 12.2 Å². The van der Waals surface area contributed by atoms with Crippen LogP contribution in [0.1, 0.15) is 22.2 Å². The predicted octanol–water partition coefficient (Wildman–Crippen LogP) is 2.06. The van der Waals surface area contributed by atoms with E-state index >= 15 is 0 Å². The first kappa shape index (κ1) is 19.0. The van der Waals surface area contributed by atoms with Crippen LogP contribution in [-0.2, 0) is 23.7 Å². The molecule has 148 valence electrons. The van der Waals surface area contributed by atoms with Gasteiger partial charge in [0.15, 0.2) is 18.7 Å². The number of aliphatic hydroxyl groups excluding tert-OH is 1. The van der Waals surface area contributed by atoms with Gasteiger partial charge >= 0.3 is 5.97 Å². The molecule has 6 atom stereocenters. The summed E-state index contributed by atoms with van der Waals surface area (Å²) < 4.78 is 28.4. The van der Waals surface area contributed by atoms with Crippen molar-refractivity contribution in [1.29, 1.82) is 0 Å². The second-order valence-electron chi connectivity index (χ2n) is 6.68. The first-order valence-electron chi connectivity index (χ1n) is 9.11. The average Bonchev–Trinajstić information content (AvgIpc) is 2.76. The summed E-state index contributed by atoms with van der Waals surface area (Å²) in [6.07, 6.45) is -4.99. The molecular formula is C21H22O7. The molecule has 1 unspecified atom stereocenters. The maximum atomic E-state index is 12.5. The van der Waals surface area contributed by atoms with Gasteiger partial charge in [-0.3, -0.25) is 0 Å². The lowest BCUT2D eigenvalue weighted by molar-refractivity contribution is -0.357. The molecule has 0 spiro atoms. The van der Waals surface area contributed by atoms with Crippen LogP contribution in [-0.4, -0.2) is 55.5 Å². The van der Waals surface area contributed by atoms with Gasteiger partial charge < -0.3 is 28.8 Å². The van der Waals surface area contributed by atoms with Crippen molar-refractivity contribution in [3.63, 3.8) is 0 Å². The van der Waals surface area contributed by atoms with Crippen LogP contribution in [0.5, 0.6) is 0 Å². The minimum Gasteiger partial charge on any atom is -0.450 e. The Morgan fingerprint density at radius 3 is 2.39 bits per heavy atom. The van der Waals surface area contributed by atoms with Gasteiger partial charge in [-0.2, -0.15) is 0 Å². The minimum absolute atomic E-state index is 0.223. The zero-order chi connectivity index (χ0) is 19.5. The number of hydrogen-bond donors (Lipinski definition) is 1. The van der Waals surface area contributed by atoms with Gasteiger partial charge in [-0.15, -0.1) is 0 Å². The molecule has 2 aromatic carbocycles. The lowest BCUT2D eigenvalue weighted by Crippen LogP contribution is -2.63. The number of aliphatic hydroxyl groups is 1. The van der Waals surface area contributed by atoms with E-state index in [1.54, 1.807) is 30.3 Å². The standard InChI is InChI=1S/C21H22O7/c1-24-21-18(27-19(23)13-8-4-2-5-9-13)16(22)17-15(26-21)12-25-20(28-17)14-10-6-3-7-11-14/h2-11,15-18,20-22H,12H2,1H3/t15-,16-,17+,18-,20?,21-/m1/s1. The van der Waals surface area contributed by atoms with E-state index in [2.05, 4.69) is 0 Å². The van der Waals surface area contributed by atoms with E-state index in [9.17, 15) is 9.90 Å². The summed E-state index contributed by atoms with van der Waals surface area (Å²) >= 11 is 0. The van der Waals surface area contributed by atoms with Gasteiger partial charge in [-0.05, 0) is 12.1 Å². The Hall–Kier alpha value is -2.29. The number of carbonyl (C=O) groups excluding carboxylic acids is 1. The molecule has 2 heterocycles. The average molecular weight is 386 g/mol. The van der Waals surface area contributed by atoms with Gasteiger partial charge in [0.1, 0.15) is 18.3 Å². The molecule has 1 N–H and O–H groups in total. The zero-order valence-corrected chi connectivity index (χ0v) is 15.3. The molecule has 0 bridgehead atoms. The molecule has 0 saturated carbocycles. The number of carbonyl (C=O) groups is 1. The highest BCUT2D eigenvalue weighted by Crippen LogP contribution is 2.35. The van der Waals surface area contributed by atoms with Crippen LogP contribution in [0.25, 0.3) is 0 Å². The van der Waals surface area contributed by atoms with Crippen LogP contribution in [0.3, 0.4) is 0 Å². The third-order valence-corrected chi connectivity index (χ3v) is 4.87. The number of methoxy groups -OCH3 is 1. The summed E-state index contributed by atoms with van der Waals surface area (Å²) in [5.74, 6) is -0.569. The van der Waals surface area contributed by atoms with E-state index in [1.807, 2.05) is 30.3 Å². The van der Waals surface area contributed by atoms with Gasteiger partial charge in [0, 0.05) is 12.7 Å². The molecule has 2 aromatic rings. The third kappa shape index (κ3) is 3.80. The Labute approximate surface area is 162 Å². The largest absolute Gasteiger partial charge is 0.450 e. The maximum absolute atomic E-state index is 12.5. The molecule has 2 fully saturated rings. The molecule has 7 heteroatoms. The van der Waals surface area contributed by atoms with E-state index in [0.29, 0.717) is 5.56 Å². The van der Waals surface area contributed by atoms with Crippen molar-refractivity contribution in [2.45, 2.75) is 37.0 Å². The fourth-order valence-corrected chi connectivity index (χ4v) is 3.43. The topological polar surface area (TPSA) is 83.5 Å². The van der Waals surface area contributed by atoms with Crippen molar-refractivity contribution in [1.82, 2.24) is 0 Å². The fraction of sp³-hybridized carbons (Fsp3) is 0.381. The van der Waals surface area contributed by atoms with Crippen molar-refractivity contribution in [3.8, 4) is 0 Å². The Morgan fingerprint density at radius 2 is 1.71 bits per heavy atom. The summed E-state index contributed by atoms with van der Waals surface area (Å²) in [7, 11) is 1.43. The highest BCUT2D eigenvalue weighted by atomic mass is 16.8. The SMILES string of the molecule is CO[C@@H]1O[C@@H]2COC(c3ccccc3)O[C@@H]2[C@@H](O)[C@H]1OC(=O)c1ccccc1. The molecule has 4 rings (SSSR count). The van der Waals surface area contributed by atoms with Crippen LogP contribution >= 0.6 is 0 Å². The molecule has 0 aliphatic carbocycles. The van der Waals surface area contributed by atoms with E-state index in [0.717, 1.165) is 5.56 Å². The molecule has 0 amide bonds. The summed E-state index contributed by atoms with van der Waals surface area (Å²) in [6, 6.07) is 18.0. The monoisotopic (exact) mass is 386 g/mol. The second-order valence-corrected chi connectivity index (χ2v) is 6.68. The van der Waals surface area contributed by atoms with E-state index < -0.39 is 43.0 Å². The molecule has 2 saturated heterocycles. The van der Waals surface area contributed by atoms with Gasteiger partial charge in [-0.25, -0.2) is 4.79 Å². The molecule has 28 heavy (non-hydrogen) atoms. The summed E-state index contributed by atoms with van der Waals surface area (Å²) in [6.45, 7) is 0.223. The van der Waals surface area contributed by atoms with Crippen molar-refractivity contribution >= 4 is 5.97 Å².